The highest BCUT2D eigenvalue weighted by Gasteiger charge is 2.32. The summed E-state index contributed by atoms with van der Waals surface area (Å²) in [5.41, 5.74) is 3.17. The smallest absolute Gasteiger partial charge is 0.209 e. The third kappa shape index (κ3) is 2.88. The van der Waals surface area contributed by atoms with Crippen LogP contribution < -0.4 is 0 Å². The summed E-state index contributed by atoms with van der Waals surface area (Å²) in [5.74, 6) is 0. The lowest BCUT2D eigenvalue weighted by atomic mass is 9.97. The second kappa shape index (κ2) is 5.77. The lowest BCUT2D eigenvalue weighted by molar-refractivity contribution is -0.107. The number of rotatable bonds is 4. The number of aldehydes is 1. The highest BCUT2D eigenvalue weighted by Crippen LogP contribution is 2.31. The predicted molar refractivity (Wildman–Crippen MR) is 80.9 cm³/mol. The van der Waals surface area contributed by atoms with E-state index in [1.165, 1.54) is 12.3 Å². The zero-order valence-electron chi connectivity index (χ0n) is 12.2. The SMILES string of the molecule is Cc1cc(C)c(C(C=O)S(=O)(=O)c2ccccn2)c(C)c1. The Labute approximate surface area is 124 Å². The fourth-order valence-electron chi connectivity index (χ4n) is 2.58. The number of carbonyl (C=O) groups excluding carboxylic acids is 1. The first-order valence-corrected chi connectivity index (χ1v) is 8.10. The number of hydrogen-bond donors (Lipinski definition) is 0. The molecular weight excluding hydrogens is 286 g/mol. The standard InChI is InChI=1S/C16H17NO3S/c1-11-8-12(2)16(13(3)9-11)14(10-18)21(19,20)15-6-4-5-7-17-15/h4-10,14H,1-3H3. The van der Waals surface area contributed by atoms with Crippen molar-refractivity contribution in [1.82, 2.24) is 4.98 Å². The first-order chi connectivity index (χ1) is 9.87. The summed E-state index contributed by atoms with van der Waals surface area (Å²) in [6.45, 7) is 5.58. The van der Waals surface area contributed by atoms with Crippen molar-refractivity contribution in [2.45, 2.75) is 31.0 Å². The van der Waals surface area contributed by atoms with E-state index in [1.807, 2.05) is 32.9 Å². The van der Waals surface area contributed by atoms with Crippen molar-refractivity contribution in [2.75, 3.05) is 0 Å². The largest absolute Gasteiger partial charge is 0.302 e. The van der Waals surface area contributed by atoms with Crippen LogP contribution in [0.1, 0.15) is 27.5 Å². The van der Waals surface area contributed by atoms with Crippen molar-refractivity contribution >= 4 is 16.1 Å². The molecule has 0 radical (unpaired) electrons. The second-order valence-corrected chi connectivity index (χ2v) is 7.10. The molecule has 0 fully saturated rings. The summed E-state index contributed by atoms with van der Waals surface area (Å²) in [4.78, 5) is 15.4. The molecule has 110 valence electrons. The maximum Gasteiger partial charge on any atom is 0.209 e. The highest BCUT2D eigenvalue weighted by molar-refractivity contribution is 7.92. The van der Waals surface area contributed by atoms with Crippen molar-refractivity contribution in [2.24, 2.45) is 0 Å². The number of pyridine rings is 1. The fraction of sp³-hybridized carbons (Fsp3) is 0.250. The monoisotopic (exact) mass is 303 g/mol. The molecule has 21 heavy (non-hydrogen) atoms. The van der Waals surface area contributed by atoms with Gasteiger partial charge in [0.1, 0.15) is 11.5 Å². The van der Waals surface area contributed by atoms with Gasteiger partial charge in [-0.25, -0.2) is 13.4 Å². The molecular formula is C16H17NO3S. The first kappa shape index (κ1) is 15.4. The van der Waals surface area contributed by atoms with Crippen LogP contribution >= 0.6 is 0 Å². The van der Waals surface area contributed by atoms with E-state index in [9.17, 15) is 13.2 Å². The summed E-state index contributed by atoms with van der Waals surface area (Å²) in [6.07, 6.45) is 1.89. The van der Waals surface area contributed by atoms with Gasteiger partial charge >= 0.3 is 0 Å². The number of benzene rings is 1. The van der Waals surface area contributed by atoms with E-state index in [0.29, 0.717) is 11.8 Å². The maximum absolute atomic E-state index is 12.7. The number of aryl methyl sites for hydroxylation is 3. The molecule has 2 rings (SSSR count). The average molecular weight is 303 g/mol. The van der Waals surface area contributed by atoms with E-state index in [2.05, 4.69) is 4.98 Å². The molecule has 0 aliphatic carbocycles. The number of aromatic nitrogens is 1. The van der Waals surface area contributed by atoms with Crippen LogP contribution in [0.4, 0.5) is 0 Å². The summed E-state index contributed by atoms with van der Waals surface area (Å²) in [6, 6.07) is 8.40. The van der Waals surface area contributed by atoms with Gasteiger partial charge < -0.3 is 4.79 Å². The van der Waals surface area contributed by atoms with Crippen molar-refractivity contribution in [3.05, 3.63) is 58.8 Å². The molecule has 0 aliphatic heterocycles. The molecule has 1 aromatic carbocycles. The predicted octanol–water partition coefficient (Wildman–Crippen LogP) is 2.72. The number of carbonyl (C=O) groups is 1. The molecule has 0 aliphatic rings. The fourth-order valence-corrected chi connectivity index (χ4v) is 4.15. The van der Waals surface area contributed by atoms with Gasteiger partial charge in [-0.3, -0.25) is 0 Å². The Morgan fingerprint density at radius 2 is 1.71 bits per heavy atom. The molecule has 4 nitrogen and oxygen atoms in total. The van der Waals surface area contributed by atoms with Crippen LogP contribution in [-0.2, 0) is 14.6 Å². The van der Waals surface area contributed by atoms with Gasteiger partial charge in [0, 0.05) is 6.20 Å². The lowest BCUT2D eigenvalue weighted by Gasteiger charge is -2.17. The van der Waals surface area contributed by atoms with Gasteiger partial charge in [-0.15, -0.1) is 0 Å². The minimum atomic E-state index is -3.84. The van der Waals surface area contributed by atoms with Crippen molar-refractivity contribution in [3.63, 3.8) is 0 Å². The highest BCUT2D eigenvalue weighted by atomic mass is 32.2. The van der Waals surface area contributed by atoms with E-state index in [-0.39, 0.29) is 5.03 Å². The van der Waals surface area contributed by atoms with E-state index < -0.39 is 15.1 Å². The molecule has 0 saturated heterocycles. The Bertz CT molecular complexity index is 744. The second-order valence-electron chi connectivity index (χ2n) is 5.08. The Hall–Kier alpha value is -2.01. The molecule has 1 atom stereocenters. The van der Waals surface area contributed by atoms with E-state index in [4.69, 9.17) is 0 Å². The van der Waals surface area contributed by atoms with Gasteiger partial charge in [0.2, 0.25) is 9.84 Å². The normalized spacial score (nSPS) is 12.9. The minimum absolute atomic E-state index is 0.0820. The Morgan fingerprint density at radius 3 is 2.19 bits per heavy atom. The molecule has 0 bridgehead atoms. The molecule has 5 heteroatoms. The van der Waals surface area contributed by atoms with Crippen molar-refractivity contribution in [1.29, 1.82) is 0 Å². The molecule has 2 aromatic rings. The van der Waals surface area contributed by atoms with E-state index in [1.54, 1.807) is 12.1 Å². The zero-order chi connectivity index (χ0) is 15.6. The van der Waals surface area contributed by atoms with Crippen LogP contribution in [0, 0.1) is 20.8 Å². The zero-order valence-corrected chi connectivity index (χ0v) is 13.0. The third-order valence-corrected chi connectivity index (χ3v) is 5.25. The molecule has 0 saturated carbocycles. The van der Waals surface area contributed by atoms with Crippen molar-refractivity contribution in [3.8, 4) is 0 Å². The summed E-state index contributed by atoms with van der Waals surface area (Å²) in [5, 5.41) is -1.31. The van der Waals surface area contributed by atoms with Crippen LogP contribution in [0.15, 0.2) is 41.6 Å². The van der Waals surface area contributed by atoms with Crippen LogP contribution in [0.3, 0.4) is 0 Å². The average Bonchev–Trinajstić information content (AvgIpc) is 2.43. The molecule has 0 spiro atoms. The molecule has 1 heterocycles. The van der Waals surface area contributed by atoms with Crippen LogP contribution in [-0.4, -0.2) is 19.7 Å². The molecule has 1 aromatic heterocycles. The minimum Gasteiger partial charge on any atom is -0.302 e. The van der Waals surface area contributed by atoms with Crippen LogP contribution in [0.25, 0.3) is 0 Å². The van der Waals surface area contributed by atoms with Gasteiger partial charge in [0.15, 0.2) is 5.03 Å². The molecule has 1 unspecified atom stereocenters. The van der Waals surface area contributed by atoms with Gasteiger partial charge in [0.05, 0.1) is 0 Å². The number of nitrogens with zero attached hydrogens (tertiary/aromatic N) is 1. The molecule has 0 amide bonds. The van der Waals surface area contributed by atoms with E-state index in [0.717, 1.165) is 16.7 Å². The quantitative estimate of drug-likeness (QED) is 0.815. The summed E-state index contributed by atoms with van der Waals surface area (Å²) in [7, 11) is -3.84. The number of hydrogen-bond acceptors (Lipinski definition) is 4. The van der Waals surface area contributed by atoms with Gasteiger partial charge in [0.25, 0.3) is 0 Å². The molecule has 0 N–H and O–H groups in total. The summed E-state index contributed by atoms with van der Waals surface area (Å²) >= 11 is 0. The first-order valence-electron chi connectivity index (χ1n) is 6.56. The lowest BCUT2D eigenvalue weighted by Crippen LogP contribution is -2.18. The third-order valence-electron chi connectivity index (χ3n) is 3.41. The Kier molecular flexibility index (Phi) is 4.23. The van der Waals surface area contributed by atoms with Crippen LogP contribution in [0.5, 0.6) is 0 Å². The van der Waals surface area contributed by atoms with Gasteiger partial charge in [-0.05, 0) is 49.6 Å². The Morgan fingerprint density at radius 1 is 1.10 bits per heavy atom. The topological polar surface area (TPSA) is 64.1 Å². The summed E-state index contributed by atoms with van der Waals surface area (Å²) < 4.78 is 25.3. The maximum atomic E-state index is 12.7. The number of sulfone groups is 1. The van der Waals surface area contributed by atoms with Crippen LogP contribution in [0.2, 0.25) is 0 Å². The van der Waals surface area contributed by atoms with Gasteiger partial charge in [-0.2, -0.15) is 0 Å². The van der Waals surface area contributed by atoms with Gasteiger partial charge in [-0.1, -0.05) is 23.8 Å². The van der Waals surface area contributed by atoms with E-state index >= 15 is 0 Å². The Balaban J connectivity index is 2.64. The van der Waals surface area contributed by atoms with Crippen molar-refractivity contribution < 1.29 is 13.2 Å².